The van der Waals surface area contributed by atoms with E-state index in [0.717, 1.165) is 6.07 Å². The summed E-state index contributed by atoms with van der Waals surface area (Å²) in [6.45, 7) is 0. The molecule has 2 N–H and O–H groups in total. The monoisotopic (exact) mass is 310 g/mol. The highest BCUT2D eigenvalue weighted by Gasteiger charge is 2.38. The van der Waals surface area contributed by atoms with E-state index < -0.39 is 26.9 Å². The lowest BCUT2D eigenvalue weighted by molar-refractivity contribution is 0.0690. The smallest absolute Gasteiger partial charge is 0.353 e. The van der Waals surface area contributed by atoms with E-state index in [1.807, 2.05) is 0 Å². The summed E-state index contributed by atoms with van der Waals surface area (Å²) in [5, 5.41) is 14.4. The maximum atomic E-state index is 14.1. The van der Waals surface area contributed by atoms with Gasteiger partial charge in [0.25, 0.3) is 0 Å². The quantitative estimate of drug-likeness (QED) is 0.897. The van der Waals surface area contributed by atoms with E-state index in [-0.39, 0.29) is 16.3 Å². The van der Waals surface area contributed by atoms with Gasteiger partial charge in [-0.3, -0.25) is 5.10 Å². The molecule has 0 bridgehead atoms. The van der Waals surface area contributed by atoms with Gasteiger partial charge >= 0.3 is 5.97 Å². The number of aromatic amines is 1. The van der Waals surface area contributed by atoms with Crippen molar-refractivity contribution in [1.82, 2.24) is 10.2 Å². The second-order valence-corrected chi connectivity index (χ2v) is 7.06. The van der Waals surface area contributed by atoms with Gasteiger partial charge in [0, 0.05) is 5.56 Å². The molecule has 0 amide bonds. The first-order valence-corrected chi connectivity index (χ1v) is 7.77. The molecule has 0 saturated heterocycles. The van der Waals surface area contributed by atoms with Crippen molar-refractivity contribution in [3.63, 3.8) is 0 Å². The molecule has 0 spiro atoms. The molecule has 0 aliphatic heterocycles. The Morgan fingerprint density at radius 3 is 2.57 bits per heavy atom. The third-order valence-corrected chi connectivity index (χ3v) is 5.60. The van der Waals surface area contributed by atoms with Crippen LogP contribution >= 0.6 is 0 Å². The number of aromatic nitrogens is 2. The van der Waals surface area contributed by atoms with Crippen LogP contribution in [0.1, 0.15) is 23.3 Å². The van der Waals surface area contributed by atoms with Crippen molar-refractivity contribution in [1.29, 1.82) is 0 Å². The average molecular weight is 310 g/mol. The Bertz CT molecular complexity index is 824. The number of sulfone groups is 1. The first-order valence-electron chi connectivity index (χ1n) is 6.22. The molecule has 1 aromatic carbocycles. The molecule has 1 saturated carbocycles. The van der Waals surface area contributed by atoms with Crippen LogP contribution in [0.4, 0.5) is 4.39 Å². The van der Waals surface area contributed by atoms with Gasteiger partial charge in [0.2, 0.25) is 0 Å². The summed E-state index contributed by atoms with van der Waals surface area (Å²) < 4.78 is 38.1. The fraction of sp³-hybridized carbons (Fsp3) is 0.231. The molecule has 0 atom stereocenters. The van der Waals surface area contributed by atoms with Gasteiger partial charge in [0.05, 0.1) is 10.9 Å². The third-order valence-electron chi connectivity index (χ3n) is 3.31. The van der Waals surface area contributed by atoms with E-state index in [1.54, 1.807) is 0 Å². The van der Waals surface area contributed by atoms with Crippen molar-refractivity contribution in [3.05, 3.63) is 35.8 Å². The van der Waals surface area contributed by atoms with E-state index in [9.17, 15) is 17.6 Å². The Morgan fingerprint density at radius 1 is 1.33 bits per heavy atom. The molecule has 3 rings (SSSR count). The fourth-order valence-electron chi connectivity index (χ4n) is 2.03. The molecule has 8 heteroatoms. The molecule has 1 aliphatic carbocycles. The van der Waals surface area contributed by atoms with Crippen LogP contribution in [0.5, 0.6) is 0 Å². The Kier molecular flexibility index (Phi) is 3.05. The van der Waals surface area contributed by atoms with Gasteiger partial charge in [-0.15, -0.1) is 0 Å². The summed E-state index contributed by atoms with van der Waals surface area (Å²) in [5.41, 5.74) is 0.424. The second kappa shape index (κ2) is 4.66. The normalized spacial score (nSPS) is 15.1. The number of benzene rings is 1. The maximum Gasteiger partial charge on any atom is 0.353 e. The molecule has 110 valence electrons. The van der Waals surface area contributed by atoms with Crippen molar-refractivity contribution in [2.24, 2.45) is 0 Å². The van der Waals surface area contributed by atoms with E-state index in [0.29, 0.717) is 18.4 Å². The Labute approximate surface area is 119 Å². The minimum atomic E-state index is -3.60. The van der Waals surface area contributed by atoms with Crippen LogP contribution in [0.25, 0.3) is 11.3 Å². The first-order chi connectivity index (χ1) is 9.89. The van der Waals surface area contributed by atoms with Gasteiger partial charge in [-0.2, -0.15) is 5.10 Å². The van der Waals surface area contributed by atoms with Crippen LogP contribution < -0.4 is 0 Å². The topological polar surface area (TPSA) is 100 Å². The predicted molar refractivity (Wildman–Crippen MR) is 71.1 cm³/mol. The number of nitrogens with zero attached hydrogens (tertiary/aromatic N) is 1. The van der Waals surface area contributed by atoms with Gasteiger partial charge in [0.1, 0.15) is 16.4 Å². The molecule has 21 heavy (non-hydrogen) atoms. The SMILES string of the molecule is O=C(O)c1cc(-c2ccc(S(=O)(=O)C3CC3)c(F)c2)n[nH]1. The summed E-state index contributed by atoms with van der Waals surface area (Å²) in [4.78, 5) is 10.4. The van der Waals surface area contributed by atoms with Crippen LogP contribution in [0.15, 0.2) is 29.2 Å². The van der Waals surface area contributed by atoms with Gasteiger partial charge in [-0.05, 0) is 31.0 Å². The molecule has 0 radical (unpaired) electrons. The standard InChI is InChI=1S/C13H11FN2O4S/c14-9-5-7(10-6-11(13(17)18)16-15-10)1-4-12(9)21(19,20)8-2-3-8/h1,4-6,8H,2-3H2,(H,15,16)(H,17,18). The van der Waals surface area contributed by atoms with Crippen LogP contribution in [0, 0.1) is 5.82 Å². The number of carbonyl (C=O) groups is 1. The number of hydrogen-bond donors (Lipinski definition) is 2. The predicted octanol–water partition coefficient (Wildman–Crippen LogP) is 1.85. The first kappa shape index (κ1) is 13.7. The highest BCUT2D eigenvalue weighted by atomic mass is 32.2. The number of hydrogen-bond acceptors (Lipinski definition) is 4. The molecule has 1 fully saturated rings. The molecular formula is C13H11FN2O4S. The number of carboxylic acid groups (broad SMARTS) is 1. The van der Waals surface area contributed by atoms with Crippen LogP contribution in [0.2, 0.25) is 0 Å². The molecular weight excluding hydrogens is 299 g/mol. The highest BCUT2D eigenvalue weighted by molar-refractivity contribution is 7.92. The van der Waals surface area contributed by atoms with E-state index in [1.165, 1.54) is 18.2 Å². The minimum Gasteiger partial charge on any atom is -0.477 e. The maximum absolute atomic E-state index is 14.1. The lowest BCUT2D eigenvalue weighted by Crippen LogP contribution is -2.09. The van der Waals surface area contributed by atoms with Crippen molar-refractivity contribution in [2.75, 3.05) is 0 Å². The van der Waals surface area contributed by atoms with E-state index in [2.05, 4.69) is 10.2 Å². The highest BCUT2D eigenvalue weighted by Crippen LogP contribution is 2.35. The van der Waals surface area contributed by atoms with E-state index in [4.69, 9.17) is 5.11 Å². The van der Waals surface area contributed by atoms with Crippen molar-refractivity contribution < 1.29 is 22.7 Å². The molecule has 1 heterocycles. The third kappa shape index (κ3) is 2.42. The number of aromatic carboxylic acids is 1. The molecule has 6 nitrogen and oxygen atoms in total. The van der Waals surface area contributed by atoms with Crippen LogP contribution in [-0.2, 0) is 9.84 Å². The number of halogens is 1. The van der Waals surface area contributed by atoms with Crippen molar-refractivity contribution >= 4 is 15.8 Å². The minimum absolute atomic E-state index is 0.125. The van der Waals surface area contributed by atoms with Crippen molar-refractivity contribution in [2.45, 2.75) is 23.0 Å². The number of nitrogens with one attached hydrogen (secondary N) is 1. The number of carboxylic acids is 1. The molecule has 0 unspecified atom stereocenters. The zero-order chi connectivity index (χ0) is 15.2. The van der Waals surface area contributed by atoms with Crippen LogP contribution in [0.3, 0.4) is 0 Å². The van der Waals surface area contributed by atoms with E-state index >= 15 is 0 Å². The Hall–Kier alpha value is -2.22. The lowest BCUT2D eigenvalue weighted by Gasteiger charge is -2.05. The van der Waals surface area contributed by atoms with Gasteiger partial charge in [-0.1, -0.05) is 6.07 Å². The lowest BCUT2D eigenvalue weighted by atomic mass is 10.1. The zero-order valence-corrected chi connectivity index (χ0v) is 11.5. The number of rotatable bonds is 4. The summed E-state index contributed by atoms with van der Waals surface area (Å²) >= 11 is 0. The summed E-state index contributed by atoms with van der Waals surface area (Å²) in [5.74, 6) is -2.03. The van der Waals surface area contributed by atoms with Gasteiger partial charge in [0.15, 0.2) is 9.84 Å². The number of H-pyrrole nitrogens is 1. The van der Waals surface area contributed by atoms with Crippen molar-refractivity contribution in [3.8, 4) is 11.3 Å². The summed E-state index contributed by atoms with van der Waals surface area (Å²) in [6.07, 6.45) is 1.12. The summed E-state index contributed by atoms with van der Waals surface area (Å²) in [6, 6.07) is 4.93. The second-order valence-electron chi connectivity index (χ2n) is 4.86. The molecule has 1 aromatic heterocycles. The Morgan fingerprint density at radius 2 is 2.05 bits per heavy atom. The molecule has 2 aromatic rings. The largest absolute Gasteiger partial charge is 0.477 e. The summed E-state index contributed by atoms with van der Waals surface area (Å²) in [7, 11) is -3.60. The average Bonchev–Trinajstić information content (AvgIpc) is 3.16. The van der Waals surface area contributed by atoms with Gasteiger partial charge in [-0.25, -0.2) is 17.6 Å². The molecule has 1 aliphatic rings. The van der Waals surface area contributed by atoms with Crippen LogP contribution in [-0.4, -0.2) is 34.9 Å². The zero-order valence-electron chi connectivity index (χ0n) is 10.7. The Balaban J connectivity index is 1.99. The van der Waals surface area contributed by atoms with Gasteiger partial charge < -0.3 is 5.11 Å². The fourth-order valence-corrected chi connectivity index (χ4v) is 3.73.